The standard InChI is InChI=1S/C25H21N3O3S/c1-16-8-3-6-13-22(16)28-24(31)20-11-4-5-12-21(20)27-25(28)32-15-23(30)26-19-10-7-9-18(14-19)17(2)29/h3-14H,15H2,1-2H3,(H,26,30). The number of benzene rings is 3. The minimum atomic E-state index is -0.255. The Bertz CT molecular complexity index is 1390. The number of hydrogen-bond donors (Lipinski definition) is 1. The van der Waals surface area contributed by atoms with E-state index in [0.29, 0.717) is 27.3 Å². The third kappa shape index (κ3) is 4.48. The molecule has 0 radical (unpaired) electrons. The van der Waals surface area contributed by atoms with E-state index in [4.69, 9.17) is 0 Å². The van der Waals surface area contributed by atoms with E-state index < -0.39 is 0 Å². The summed E-state index contributed by atoms with van der Waals surface area (Å²) < 4.78 is 1.56. The lowest BCUT2D eigenvalue weighted by Gasteiger charge is -2.15. The summed E-state index contributed by atoms with van der Waals surface area (Å²) in [5.41, 5.74) is 3.14. The van der Waals surface area contributed by atoms with Crippen LogP contribution >= 0.6 is 11.8 Å². The molecule has 1 amide bonds. The molecule has 0 spiro atoms. The molecule has 0 bridgehead atoms. The van der Waals surface area contributed by atoms with Gasteiger partial charge in [0.15, 0.2) is 10.9 Å². The van der Waals surface area contributed by atoms with Crippen molar-refractivity contribution in [2.24, 2.45) is 0 Å². The number of para-hydroxylation sites is 2. The Labute approximate surface area is 189 Å². The summed E-state index contributed by atoms with van der Waals surface area (Å²) in [5, 5.41) is 3.76. The molecule has 32 heavy (non-hydrogen) atoms. The van der Waals surface area contributed by atoms with Crippen LogP contribution in [0.1, 0.15) is 22.8 Å². The molecule has 0 aliphatic rings. The van der Waals surface area contributed by atoms with Crippen LogP contribution in [0.4, 0.5) is 5.69 Å². The molecule has 7 heteroatoms. The zero-order valence-electron chi connectivity index (χ0n) is 17.7. The molecule has 0 unspecified atom stereocenters. The smallest absolute Gasteiger partial charge is 0.266 e. The number of thioether (sulfide) groups is 1. The van der Waals surface area contributed by atoms with E-state index in [9.17, 15) is 14.4 Å². The third-order valence-electron chi connectivity index (χ3n) is 4.99. The second-order valence-corrected chi connectivity index (χ2v) is 8.25. The van der Waals surface area contributed by atoms with Crippen LogP contribution in [0, 0.1) is 6.92 Å². The van der Waals surface area contributed by atoms with Gasteiger partial charge in [0.05, 0.1) is 22.3 Å². The summed E-state index contributed by atoms with van der Waals surface area (Å²) in [6.07, 6.45) is 0. The zero-order valence-corrected chi connectivity index (χ0v) is 18.5. The number of aryl methyl sites for hydroxylation is 1. The van der Waals surface area contributed by atoms with E-state index in [-0.39, 0.29) is 23.0 Å². The van der Waals surface area contributed by atoms with Gasteiger partial charge in [0, 0.05) is 11.3 Å². The molecular weight excluding hydrogens is 422 g/mol. The average Bonchev–Trinajstić information content (AvgIpc) is 2.79. The molecule has 4 aromatic rings. The Morgan fingerprint density at radius 2 is 1.75 bits per heavy atom. The molecule has 0 aliphatic heterocycles. The Hall–Kier alpha value is -3.71. The number of hydrogen-bond acceptors (Lipinski definition) is 5. The lowest BCUT2D eigenvalue weighted by molar-refractivity contribution is -0.113. The van der Waals surface area contributed by atoms with Gasteiger partial charge < -0.3 is 5.32 Å². The van der Waals surface area contributed by atoms with Gasteiger partial charge in [-0.15, -0.1) is 0 Å². The van der Waals surface area contributed by atoms with Crippen LogP contribution in [-0.4, -0.2) is 27.0 Å². The number of amides is 1. The predicted molar refractivity (Wildman–Crippen MR) is 128 cm³/mol. The second kappa shape index (κ2) is 9.20. The van der Waals surface area contributed by atoms with Crippen LogP contribution in [0.3, 0.4) is 0 Å². The normalized spacial score (nSPS) is 10.8. The highest BCUT2D eigenvalue weighted by Gasteiger charge is 2.16. The number of fused-ring (bicyclic) bond motifs is 1. The van der Waals surface area contributed by atoms with Gasteiger partial charge in [-0.05, 0) is 49.7 Å². The highest BCUT2D eigenvalue weighted by Crippen LogP contribution is 2.23. The summed E-state index contributed by atoms with van der Waals surface area (Å²) in [5.74, 6) is -0.270. The lowest BCUT2D eigenvalue weighted by Crippen LogP contribution is -2.23. The summed E-state index contributed by atoms with van der Waals surface area (Å²) in [6.45, 7) is 3.41. The highest BCUT2D eigenvalue weighted by atomic mass is 32.2. The molecular formula is C25H21N3O3S. The maximum Gasteiger partial charge on any atom is 0.266 e. The Kier molecular flexibility index (Phi) is 6.18. The topological polar surface area (TPSA) is 81.1 Å². The number of nitrogens with zero attached hydrogens (tertiary/aromatic N) is 2. The van der Waals surface area contributed by atoms with Gasteiger partial charge in [-0.1, -0.05) is 54.2 Å². The predicted octanol–water partition coefficient (Wildman–Crippen LogP) is 4.63. The Morgan fingerprint density at radius 1 is 1.00 bits per heavy atom. The molecule has 1 N–H and O–H groups in total. The van der Waals surface area contributed by atoms with Gasteiger partial charge in [-0.3, -0.25) is 19.0 Å². The quantitative estimate of drug-likeness (QED) is 0.267. The van der Waals surface area contributed by atoms with Crippen LogP contribution in [0.15, 0.2) is 82.7 Å². The van der Waals surface area contributed by atoms with Gasteiger partial charge in [-0.25, -0.2) is 4.98 Å². The van der Waals surface area contributed by atoms with E-state index in [1.165, 1.54) is 18.7 Å². The van der Waals surface area contributed by atoms with Crippen molar-refractivity contribution in [1.82, 2.24) is 9.55 Å². The van der Waals surface area contributed by atoms with E-state index in [1.807, 2.05) is 43.3 Å². The van der Waals surface area contributed by atoms with Crippen LogP contribution in [0.25, 0.3) is 16.6 Å². The first kappa shape index (κ1) is 21.5. The maximum absolute atomic E-state index is 13.3. The first-order valence-electron chi connectivity index (χ1n) is 10.1. The first-order valence-corrected chi connectivity index (χ1v) is 11.0. The summed E-state index contributed by atoms with van der Waals surface area (Å²) >= 11 is 1.19. The molecule has 4 rings (SSSR count). The molecule has 0 saturated heterocycles. The largest absolute Gasteiger partial charge is 0.325 e. The molecule has 3 aromatic carbocycles. The van der Waals surface area contributed by atoms with Crippen molar-refractivity contribution < 1.29 is 9.59 Å². The van der Waals surface area contributed by atoms with Crippen LogP contribution in [-0.2, 0) is 4.79 Å². The van der Waals surface area contributed by atoms with Crippen molar-refractivity contribution >= 4 is 40.0 Å². The van der Waals surface area contributed by atoms with Crippen molar-refractivity contribution in [3.05, 3.63) is 94.3 Å². The van der Waals surface area contributed by atoms with E-state index in [2.05, 4.69) is 10.3 Å². The number of nitrogens with one attached hydrogen (secondary N) is 1. The molecule has 1 heterocycles. The van der Waals surface area contributed by atoms with E-state index in [1.54, 1.807) is 41.0 Å². The van der Waals surface area contributed by atoms with Crippen molar-refractivity contribution in [2.45, 2.75) is 19.0 Å². The Balaban J connectivity index is 1.65. The SMILES string of the molecule is CC(=O)c1cccc(NC(=O)CSc2nc3ccccc3c(=O)n2-c2ccccc2C)c1. The number of rotatable bonds is 6. The van der Waals surface area contributed by atoms with Gasteiger partial charge >= 0.3 is 0 Å². The van der Waals surface area contributed by atoms with Gasteiger partial charge in [0.2, 0.25) is 5.91 Å². The summed E-state index contributed by atoms with van der Waals surface area (Å²) in [6, 6.07) is 21.5. The number of carbonyl (C=O) groups excluding carboxylic acids is 2. The third-order valence-corrected chi connectivity index (χ3v) is 5.93. The molecule has 1 aromatic heterocycles. The lowest BCUT2D eigenvalue weighted by atomic mass is 10.1. The fourth-order valence-corrected chi connectivity index (χ4v) is 4.18. The van der Waals surface area contributed by atoms with Crippen molar-refractivity contribution in [1.29, 1.82) is 0 Å². The number of Topliss-reactive ketones (excluding diaryl/α,β-unsaturated/α-hetero) is 1. The van der Waals surface area contributed by atoms with Crippen molar-refractivity contribution in [3.8, 4) is 5.69 Å². The molecule has 160 valence electrons. The van der Waals surface area contributed by atoms with Gasteiger partial charge in [-0.2, -0.15) is 0 Å². The van der Waals surface area contributed by atoms with Crippen LogP contribution < -0.4 is 10.9 Å². The monoisotopic (exact) mass is 443 g/mol. The first-order chi connectivity index (χ1) is 15.4. The van der Waals surface area contributed by atoms with Crippen LogP contribution in [0.2, 0.25) is 0 Å². The van der Waals surface area contributed by atoms with Crippen LogP contribution in [0.5, 0.6) is 0 Å². The van der Waals surface area contributed by atoms with Gasteiger partial charge in [0.1, 0.15) is 0 Å². The molecule has 0 atom stereocenters. The number of ketones is 1. The zero-order chi connectivity index (χ0) is 22.7. The fraction of sp³-hybridized carbons (Fsp3) is 0.120. The van der Waals surface area contributed by atoms with E-state index >= 15 is 0 Å². The van der Waals surface area contributed by atoms with Crippen molar-refractivity contribution in [2.75, 3.05) is 11.1 Å². The summed E-state index contributed by atoms with van der Waals surface area (Å²) in [4.78, 5) is 42.2. The number of carbonyl (C=O) groups is 2. The average molecular weight is 444 g/mol. The number of aromatic nitrogens is 2. The highest BCUT2D eigenvalue weighted by molar-refractivity contribution is 7.99. The maximum atomic E-state index is 13.3. The van der Waals surface area contributed by atoms with Gasteiger partial charge in [0.25, 0.3) is 5.56 Å². The second-order valence-electron chi connectivity index (χ2n) is 7.31. The molecule has 0 fully saturated rings. The molecule has 6 nitrogen and oxygen atoms in total. The number of anilines is 1. The minimum absolute atomic E-state index is 0.0565. The molecule has 0 saturated carbocycles. The minimum Gasteiger partial charge on any atom is -0.325 e. The Morgan fingerprint density at radius 3 is 2.53 bits per heavy atom. The molecule has 0 aliphatic carbocycles. The van der Waals surface area contributed by atoms with E-state index in [0.717, 1.165) is 11.3 Å². The van der Waals surface area contributed by atoms with Crippen molar-refractivity contribution in [3.63, 3.8) is 0 Å². The fourth-order valence-electron chi connectivity index (χ4n) is 3.38. The summed E-state index contributed by atoms with van der Waals surface area (Å²) in [7, 11) is 0.